The number of nitro groups is 1. The summed E-state index contributed by atoms with van der Waals surface area (Å²) in [6.45, 7) is 2.35. The van der Waals surface area contributed by atoms with E-state index in [1.165, 1.54) is 42.2 Å². The van der Waals surface area contributed by atoms with Crippen molar-refractivity contribution in [3.8, 4) is 0 Å². The van der Waals surface area contributed by atoms with Crippen LogP contribution in [0.1, 0.15) is 37.3 Å². The lowest BCUT2D eigenvalue weighted by Crippen LogP contribution is -2.31. The first-order valence-electron chi connectivity index (χ1n) is 9.56. The van der Waals surface area contributed by atoms with Crippen LogP contribution in [0.25, 0.3) is 0 Å². The molecule has 9 heteroatoms. The SMILES string of the molecule is CCCC[C@@H]1S/C(=N/N=C\c2cccc([N+](=O)[O-])c2)N(Cc2ccc(F)cc2)C1=O. The molecule has 1 aliphatic heterocycles. The Kier molecular flexibility index (Phi) is 7.29. The van der Waals surface area contributed by atoms with Crippen LogP contribution in [0.15, 0.2) is 58.7 Å². The highest BCUT2D eigenvalue weighted by atomic mass is 32.2. The Morgan fingerprint density at radius 2 is 2.03 bits per heavy atom. The van der Waals surface area contributed by atoms with Crippen LogP contribution in [0, 0.1) is 15.9 Å². The minimum absolute atomic E-state index is 0.0328. The smallest absolute Gasteiger partial charge is 0.270 e. The van der Waals surface area contributed by atoms with Crippen LogP contribution in [-0.4, -0.2) is 32.4 Å². The van der Waals surface area contributed by atoms with Crippen LogP contribution in [0.3, 0.4) is 0 Å². The lowest BCUT2D eigenvalue weighted by molar-refractivity contribution is -0.384. The van der Waals surface area contributed by atoms with Crippen molar-refractivity contribution in [3.63, 3.8) is 0 Å². The highest BCUT2D eigenvalue weighted by Crippen LogP contribution is 2.32. The van der Waals surface area contributed by atoms with E-state index in [1.54, 1.807) is 29.2 Å². The molecule has 30 heavy (non-hydrogen) atoms. The van der Waals surface area contributed by atoms with E-state index in [0.29, 0.717) is 10.7 Å². The first kappa shape index (κ1) is 21.6. The second-order valence-electron chi connectivity index (χ2n) is 6.78. The van der Waals surface area contributed by atoms with Crippen molar-refractivity contribution >= 4 is 34.7 Å². The molecule has 0 radical (unpaired) electrons. The second-order valence-corrected chi connectivity index (χ2v) is 7.95. The van der Waals surface area contributed by atoms with Crippen molar-refractivity contribution < 1.29 is 14.1 Å². The fourth-order valence-electron chi connectivity index (χ4n) is 2.94. The molecule has 3 rings (SSSR count). The molecule has 0 aromatic heterocycles. The highest BCUT2D eigenvalue weighted by molar-refractivity contribution is 8.15. The van der Waals surface area contributed by atoms with Gasteiger partial charge in [0.25, 0.3) is 5.69 Å². The third-order valence-corrected chi connectivity index (χ3v) is 5.76. The number of hydrogen-bond acceptors (Lipinski definition) is 6. The number of amidine groups is 1. The number of rotatable bonds is 8. The molecule has 0 bridgehead atoms. The lowest BCUT2D eigenvalue weighted by atomic mass is 10.1. The summed E-state index contributed by atoms with van der Waals surface area (Å²) >= 11 is 1.36. The molecule has 0 aliphatic carbocycles. The maximum atomic E-state index is 13.2. The summed E-state index contributed by atoms with van der Waals surface area (Å²) in [6.07, 6.45) is 4.08. The van der Waals surface area contributed by atoms with Crippen LogP contribution in [0.2, 0.25) is 0 Å². The van der Waals surface area contributed by atoms with Crippen molar-refractivity contribution in [1.29, 1.82) is 0 Å². The Labute approximate surface area is 177 Å². The van der Waals surface area contributed by atoms with E-state index in [1.807, 2.05) is 0 Å². The largest absolute Gasteiger partial charge is 0.284 e. The van der Waals surface area contributed by atoms with Gasteiger partial charge in [0.2, 0.25) is 5.91 Å². The number of benzene rings is 2. The molecule has 2 aromatic rings. The summed E-state index contributed by atoms with van der Waals surface area (Å²) in [5, 5.41) is 19.4. The van der Waals surface area contributed by atoms with Gasteiger partial charge in [0, 0.05) is 17.7 Å². The summed E-state index contributed by atoms with van der Waals surface area (Å²) in [4.78, 5) is 24.8. The normalized spacial score (nSPS) is 17.9. The van der Waals surface area contributed by atoms with Crippen LogP contribution in [0.4, 0.5) is 10.1 Å². The van der Waals surface area contributed by atoms with Gasteiger partial charge in [-0.1, -0.05) is 55.8 Å². The van der Waals surface area contributed by atoms with E-state index in [4.69, 9.17) is 0 Å². The van der Waals surface area contributed by atoms with Crippen molar-refractivity contribution in [2.45, 2.75) is 38.0 Å². The van der Waals surface area contributed by atoms with Gasteiger partial charge in [-0.15, -0.1) is 5.10 Å². The fraction of sp³-hybridized carbons (Fsp3) is 0.286. The Morgan fingerprint density at radius 1 is 1.27 bits per heavy atom. The summed E-state index contributed by atoms with van der Waals surface area (Å²) < 4.78 is 13.2. The zero-order chi connectivity index (χ0) is 21.5. The van der Waals surface area contributed by atoms with Gasteiger partial charge < -0.3 is 0 Å². The predicted molar refractivity (Wildman–Crippen MR) is 116 cm³/mol. The number of nitrogens with zero attached hydrogens (tertiary/aromatic N) is 4. The third kappa shape index (κ3) is 5.50. The average molecular weight is 428 g/mol. The second kappa shape index (κ2) is 10.1. The van der Waals surface area contributed by atoms with Crippen LogP contribution < -0.4 is 0 Å². The zero-order valence-electron chi connectivity index (χ0n) is 16.4. The molecule has 1 saturated heterocycles. The fourth-order valence-corrected chi connectivity index (χ4v) is 4.08. The molecule has 1 fully saturated rings. The summed E-state index contributed by atoms with van der Waals surface area (Å²) in [7, 11) is 0. The van der Waals surface area contributed by atoms with E-state index in [9.17, 15) is 19.3 Å². The average Bonchev–Trinajstić information content (AvgIpc) is 3.03. The number of thioether (sulfide) groups is 1. The van der Waals surface area contributed by atoms with Gasteiger partial charge in [0.05, 0.1) is 22.9 Å². The molecule has 7 nitrogen and oxygen atoms in total. The number of halogens is 1. The maximum absolute atomic E-state index is 13.2. The van der Waals surface area contributed by atoms with E-state index in [-0.39, 0.29) is 29.2 Å². The molecule has 156 valence electrons. The molecule has 0 saturated carbocycles. The maximum Gasteiger partial charge on any atom is 0.270 e. The van der Waals surface area contributed by atoms with E-state index in [0.717, 1.165) is 24.8 Å². The molecule has 0 N–H and O–H groups in total. The van der Waals surface area contributed by atoms with Gasteiger partial charge in [-0.25, -0.2) is 4.39 Å². The first-order chi connectivity index (χ1) is 14.5. The van der Waals surface area contributed by atoms with Crippen molar-refractivity contribution in [2.75, 3.05) is 0 Å². The van der Waals surface area contributed by atoms with Gasteiger partial charge >= 0.3 is 0 Å². The molecule has 2 aromatic carbocycles. The lowest BCUT2D eigenvalue weighted by Gasteiger charge is -2.15. The van der Waals surface area contributed by atoms with E-state index < -0.39 is 4.92 Å². The number of hydrogen-bond donors (Lipinski definition) is 0. The quantitative estimate of drug-likeness (QED) is 0.345. The Morgan fingerprint density at radius 3 is 2.73 bits per heavy atom. The van der Waals surface area contributed by atoms with Crippen molar-refractivity contribution in [2.24, 2.45) is 10.2 Å². The minimum atomic E-state index is -0.475. The predicted octanol–water partition coefficient (Wildman–Crippen LogP) is 4.76. The summed E-state index contributed by atoms with van der Waals surface area (Å²) in [5.41, 5.74) is 1.29. The molecular formula is C21H21FN4O3S. The molecular weight excluding hydrogens is 407 g/mol. The topological polar surface area (TPSA) is 88.2 Å². The van der Waals surface area contributed by atoms with Crippen LogP contribution in [-0.2, 0) is 11.3 Å². The number of non-ortho nitro benzene ring substituents is 1. The van der Waals surface area contributed by atoms with Gasteiger partial charge in [0.1, 0.15) is 5.82 Å². The Bertz CT molecular complexity index is 978. The van der Waals surface area contributed by atoms with Gasteiger partial charge in [-0.3, -0.25) is 19.8 Å². The monoisotopic (exact) mass is 428 g/mol. The zero-order valence-corrected chi connectivity index (χ0v) is 17.2. The first-order valence-corrected chi connectivity index (χ1v) is 10.4. The number of amides is 1. The summed E-state index contributed by atoms with van der Waals surface area (Å²) in [5.74, 6) is -0.376. The third-order valence-electron chi connectivity index (χ3n) is 4.52. The number of carbonyl (C=O) groups excluding carboxylic acids is 1. The molecule has 0 spiro atoms. The standard InChI is InChI=1S/C21H21FN4O3S/c1-2-3-7-19-20(27)25(14-15-8-10-17(22)11-9-15)21(30-19)24-23-13-16-5-4-6-18(12-16)26(28)29/h4-6,8-13,19H,2-3,7,14H2,1H3/b23-13-,24-21+/t19-/m0/s1. The van der Waals surface area contributed by atoms with Crippen LogP contribution >= 0.6 is 11.8 Å². The Hall–Kier alpha value is -3.07. The van der Waals surface area contributed by atoms with Gasteiger partial charge in [-0.2, -0.15) is 5.10 Å². The van der Waals surface area contributed by atoms with Crippen molar-refractivity contribution in [3.05, 3.63) is 75.6 Å². The Balaban J connectivity index is 1.80. The number of carbonyl (C=O) groups is 1. The van der Waals surface area contributed by atoms with E-state index >= 15 is 0 Å². The van der Waals surface area contributed by atoms with Gasteiger partial charge in [-0.05, 0) is 24.1 Å². The molecule has 1 heterocycles. The minimum Gasteiger partial charge on any atom is -0.284 e. The van der Waals surface area contributed by atoms with Crippen LogP contribution in [0.5, 0.6) is 0 Å². The number of nitro benzene ring substituents is 1. The molecule has 1 atom stereocenters. The molecule has 0 unspecified atom stereocenters. The van der Waals surface area contributed by atoms with Gasteiger partial charge in [0.15, 0.2) is 5.17 Å². The molecule has 1 aliphatic rings. The summed E-state index contributed by atoms with van der Waals surface area (Å²) in [6, 6.07) is 12.0. The van der Waals surface area contributed by atoms with Crippen molar-refractivity contribution in [1.82, 2.24) is 4.90 Å². The number of unbranched alkanes of at least 4 members (excludes halogenated alkanes) is 1. The van der Waals surface area contributed by atoms with E-state index in [2.05, 4.69) is 17.1 Å². The highest BCUT2D eigenvalue weighted by Gasteiger charge is 2.37. The molecule has 1 amide bonds.